The van der Waals surface area contributed by atoms with E-state index in [9.17, 15) is 0 Å². The summed E-state index contributed by atoms with van der Waals surface area (Å²) in [5.41, 5.74) is 3.47. The quantitative estimate of drug-likeness (QED) is 0.738. The van der Waals surface area contributed by atoms with Crippen LogP contribution in [0.2, 0.25) is 0 Å². The maximum Gasteiger partial charge on any atom is 0.127 e. The molecule has 0 amide bonds. The first-order valence-electron chi connectivity index (χ1n) is 6.96. The van der Waals surface area contributed by atoms with Gasteiger partial charge in [-0.2, -0.15) is 0 Å². The highest BCUT2D eigenvalue weighted by molar-refractivity contribution is 5.96. The van der Waals surface area contributed by atoms with E-state index in [4.69, 9.17) is 4.98 Å². The number of para-hydroxylation sites is 1. The topological polar surface area (TPSA) is 24.9 Å². The Morgan fingerprint density at radius 1 is 0.900 bits per heavy atom. The first-order chi connectivity index (χ1) is 9.74. The van der Waals surface area contributed by atoms with E-state index in [1.165, 1.54) is 16.5 Å². The molecule has 1 aromatic heterocycles. The molecule has 2 nitrogen and oxygen atoms in total. The van der Waals surface area contributed by atoms with E-state index in [0.717, 1.165) is 11.3 Å². The van der Waals surface area contributed by atoms with Crippen LogP contribution in [0.25, 0.3) is 22.0 Å². The molecule has 0 spiro atoms. The lowest BCUT2D eigenvalue weighted by molar-refractivity contribution is 0.891. The molecule has 0 aliphatic carbocycles. The molecule has 3 rings (SSSR count). The summed E-state index contributed by atoms with van der Waals surface area (Å²) < 4.78 is 0. The Morgan fingerprint density at radius 2 is 1.60 bits per heavy atom. The standard InChI is InChI=1S/C18H18N2/c1-13(2)19-18-12-16(14-8-4-3-5-9-14)15-10-6-7-11-17(15)20-18/h3-13H,1-2H3,(H,19,20). The van der Waals surface area contributed by atoms with Crippen molar-refractivity contribution in [2.75, 3.05) is 5.32 Å². The van der Waals surface area contributed by atoms with E-state index in [2.05, 4.69) is 67.7 Å². The van der Waals surface area contributed by atoms with Gasteiger partial charge < -0.3 is 5.32 Å². The van der Waals surface area contributed by atoms with Crippen molar-refractivity contribution in [2.24, 2.45) is 0 Å². The minimum Gasteiger partial charge on any atom is -0.368 e. The average Bonchev–Trinajstić information content (AvgIpc) is 2.47. The largest absolute Gasteiger partial charge is 0.368 e. The van der Waals surface area contributed by atoms with Gasteiger partial charge in [0.1, 0.15) is 5.82 Å². The number of nitrogens with zero attached hydrogens (tertiary/aromatic N) is 1. The zero-order chi connectivity index (χ0) is 13.9. The van der Waals surface area contributed by atoms with Gasteiger partial charge in [0.15, 0.2) is 0 Å². The molecule has 0 unspecified atom stereocenters. The minimum atomic E-state index is 0.368. The molecule has 2 aromatic carbocycles. The average molecular weight is 262 g/mol. The summed E-state index contributed by atoms with van der Waals surface area (Å²) in [5, 5.41) is 4.58. The third-order valence-electron chi connectivity index (χ3n) is 3.24. The molecular weight excluding hydrogens is 244 g/mol. The Balaban J connectivity index is 2.23. The number of anilines is 1. The molecule has 0 radical (unpaired) electrons. The molecule has 0 bridgehead atoms. The maximum atomic E-state index is 4.69. The van der Waals surface area contributed by atoms with Crippen molar-refractivity contribution in [1.82, 2.24) is 4.98 Å². The van der Waals surface area contributed by atoms with E-state index >= 15 is 0 Å². The maximum absolute atomic E-state index is 4.69. The molecule has 0 saturated carbocycles. The van der Waals surface area contributed by atoms with Gasteiger partial charge in [-0.3, -0.25) is 0 Å². The van der Waals surface area contributed by atoms with Crippen LogP contribution in [0, 0.1) is 0 Å². The molecule has 0 atom stereocenters. The van der Waals surface area contributed by atoms with Gasteiger partial charge in [0.05, 0.1) is 5.52 Å². The van der Waals surface area contributed by atoms with Gasteiger partial charge in [0.25, 0.3) is 0 Å². The third-order valence-corrected chi connectivity index (χ3v) is 3.24. The van der Waals surface area contributed by atoms with E-state index < -0.39 is 0 Å². The van der Waals surface area contributed by atoms with Crippen LogP contribution in [0.5, 0.6) is 0 Å². The van der Waals surface area contributed by atoms with Gasteiger partial charge >= 0.3 is 0 Å². The van der Waals surface area contributed by atoms with Gasteiger partial charge in [-0.25, -0.2) is 4.98 Å². The zero-order valence-electron chi connectivity index (χ0n) is 11.8. The van der Waals surface area contributed by atoms with Crippen LogP contribution < -0.4 is 5.32 Å². The molecule has 100 valence electrons. The van der Waals surface area contributed by atoms with Crippen LogP contribution in [-0.4, -0.2) is 11.0 Å². The number of hydrogen-bond acceptors (Lipinski definition) is 2. The molecule has 1 N–H and O–H groups in total. The number of pyridine rings is 1. The predicted octanol–water partition coefficient (Wildman–Crippen LogP) is 4.72. The summed E-state index contributed by atoms with van der Waals surface area (Å²) in [6, 6.07) is 21.2. The molecule has 20 heavy (non-hydrogen) atoms. The summed E-state index contributed by atoms with van der Waals surface area (Å²) in [5.74, 6) is 0.928. The Morgan fingerprint density at radius 3 is 2.35 bits per heavy atom. The lowest BCUT2D eigenvalue weighted by atomic mass is 10.0. The highest BCUT2D eigenvalue weighted by Crippen LogP contribution is 2.30. The summed E-state index contributed by atoms with van der Waals surface area (Å²) >= 11 is 0. The molecule has 0 fully saturated rings. The Kier molecular flexibility index (Phi) is 3.38. The predicted molar refractivity (Wildman–Crippen MR) is 85.9 cm³/mol. The fourth-order valence-electron chi connectivity index (χ4n) is 2.40. The minimum absolute atomic E-state index is 0.368. The van der Waals surface area contributed by atoms with Crippen molar-refractivity contribution in [1.29, 1.82) is 0 Å². The van der Waals surface area contributed by atoms with E-state index in [-0.39, 0.29) is 0 Å². The summed E-state index contributed by atoms with van der Waals surface area (Å²) in [6.07, 6.45) is 0. The van der Waals surface area contributed by atoms with Crippen LogP contribution in [0.1, 0.15) is 13.8 Å². The second-order valence-electron chi connectivity index (χ2n) is 5.24. The fraction of sp³-hybridized carbons (Fsp3) is 0.167. The van der Waals surface area contributed by atoms with E-state index in [1.54, 1.807) is 0 Å². The normalized spacial score (nSPS) is 10.9. The van der Waals surface area contributed by atoms with Crippen LogP contribution >= 0.6 is 0 Å². The smallest absolute Gasteiger partial charge is 0.127 e. The van der Waals surface area contributed by atoms with Crippen molar-refractivity contribution >= 4 is 16.7 Å². The molecule has 3 aromatic rings. The number of nitrogens with one attached hydrogen (secondary N) is 1. The van der Waals surface area contributed by atoms with Crippen LogP contribution in [0.4, 0.5) is 5.82 Å². The zero-order valence-corrected chi connectivity index (χ0v) is 11.8. The van der Waals surface area contributed by atoms with Gasteiger partial charge in [0.2, 0.25) is 0 Å². The second kappa shape index (κ2) is 5.33. The first kappa shape index (κ1) is 12.7. The Hall–Kier alpha value is -2.35. The highest BCUT2D eigenvalue weighted by atomic mass is 15.0. The molecule has 0 aliphatic rings. The van der Waals surface area contributed by atoms with Crippen molar-refractivity contribution in [3.63, 3.8) is 0 Å². The van der Waals surface area contributed by atoms with Crippen molar-refractivity contribution in [2.45, 2.75) is 19.9 Å². The van der Waals surface area contributed by atoms with Crippen molar-refractivity contribution in [3.05, 3.63) is 60.7 Å². The summed E-state index contributed by atoms with van der Waals surface area (Å²) in [6.45, 7) is 4.25. The molecule has 0 aliphatic heterocycles. The molecule has 2 heteroatoms. The monoisotopic (exact) mass is 262 g/mol. The third kappa shape index (κ3) is 2.50. The van der Waals surface area contributed by atoms with Gasteiger partial charge in [-0.15, -0.1) is 0 Å². The molecule has 0 saturated heterocycles. The highest BCUT2D eigenvalue weighted by Gasteiger charge is 2.07. The SMILES string of the molecule is CC(C)Nc1cc(-c2ccccc2)c2ccccc2n1. The van der Waals surface area contributed by atoms with E-state index in [1.807, 2.05) is 12.1 Å². The molecule has 1 heterocycles. The lowest BCUT2D eigenvalue weighted by Crippen LogP contribution is -2.11. The Bertz CT molecular complexity index is 718. The van der Waals surface area contributed by atoms with Crippen LogP contribution in [-0.2, 0) is 0 Å². The number of benzene rings is 2. The number of aromatic nitrogens is 1. The van der Waals surface area contributed by atoms with Crippen LogP contribution in [0.15, 0.2) is 60.7 Å². The number of hydrogen-bond donors (Lipinski definition) is 1. The number of fused-ring (bicyclic) bond motifs is 1. The van der Waals surface area contributed by atoms with Gasteiger partial charge in [-0.05, 0) is 37.1 Å². The number of rotatable bonds is 3. The summed E-state index contributed by atoms with van der Waals surface area (Å²) in [7, 11) is 0. The summed E-state index contributed by atoms with van der Waals surface area (Å²) in [4.78, 5) is 4.69. The molecular formula is C18H18N2. The van der Waals surface area contributed by atoms with Crippen molar-refractivity contribution < 1.29 is 0 Å². The fourth-order valence-corrected chi connectivity index (χ4v) is 2.40. The van der Waals surface area contributed by atoms with Crippen LogP contribution in [0.3, 0.4) is 0 Å². The lowest BCUT2D eigenvalue weighted by Gasteiger charge is -2.13. The van der Waals surface area contributed by atoms with Gasteiger partial charge in [-0.1, -0.05) is 48.5 Å². The Labute approximate surface area is 119 Å². The van der Waals surface area contributed by atoms with Gasteiger partial charge in [0, 0.05) is 11.4 Å². The van der Waals surface area contributed by atoms with E-state index in [0.29, 0.717) is 6.04 Å². The first-order valence-corrected chi connectivity index (χ1v) is 6.96. The van der Waals surface area contributed by atoms with Crippen molar-refractivity contribution in [3.8, 4) is 11.1 Å². The second-order valence-corrected chi connectivity index (χ2v) is 5.24.